The van der Waals surface area contributed by atoms with Gasteiger partial charge in [-0.15, -0.1) is 0 Å². The average molecular weight is 428 g/mol. The number of carboxylic acids is 1. The van der Waals surface area contributed by atoms with Gasteiger partial charge in [0, 0.05) is 18.5 Å². The van der Waals surface area contributed by atoms with Gasteiger partial charge < -0.3 is 19.6 Å². The highest BCUT2D eigenvalue weighted by Crippen LogP contribution is 2.34. The van der Waals surface area contributed by atoms with Gasteiger partial charge in [-0.1, -0.05) is 18.9 Å². The Morgan fingerprint density at radius 3 is 2.84 bits per heavy atom. The van der Waals surface area contributed by atoms with E-state index in [0.717, 1.165) is 36.9 Å². The molecule has 1 saturated heterocycles. The second-order valence-corrected chi connectivity index (χ2v) is 8.36. The molecule has 0 aromatic heterocycles. The fraction of sp³-hybridized carbons (Fsp3) is 0.545. The number of hydrogen-bond acceptors (Lipinski definition) is 6. The fourth-order valence-electron chi connectivity index (χ4n) is 4.46. The Bertz CT molecular complexity index is 894. The van der Waals surface area contributed by atoms with Crippen molar-refractivity contribution in [3.05, 3.63) is 23.8 Å². The molecule has 31 heavy (non-hydrogen) atoms. The lowest BCUT2D eigenvalue weighted by molar-refractivity contribution is -0.145. The molecule has 166 valence electrons. The zero-order chi connectivity index (χ0) is 21.8. The predicted octanol–water partition coefficient (Wildman–Crippen LogP) is 1.88. The summed E-state index contributed by atoms with van der Waals surface area (Å²) in [6, 6.07) is 5.60. The molecule has 2 aliphatic heterocycles. The predicted molar refractivity (Wildman–Crippen MR) is 113 cm³/mol. The summed E-state index contributed by atoms with van der Waals surface area (Å²) in [5.41, 5.74) is 1.69. The van der Waals surface area contributed by atoms with Crippen LogP contribution in [-0.2, 0) is 20.9 Å². The van der Waals surface area contributed by atoms with Crippen LogP contribution in [0, 0.1) is 5.92 Å². The quantitative estimate of drug-likeness (QED) is 0.581. The van der Waals surface area contributed by atoms with Crippen molar-refractivity contribution in [2.75, 3.05) is 26.2 Å². The first-order valence-electron chi connectivity index (χ1n) is 10.9. The first-order chi connectivity index (χ1) is 15.0. The van der Waals surface area contributed by atoms with Gasteiger partial charge in [0.15, 0.2) is 0 Å². The van der Waals surface area contributed by atoms with Crippen molar-refractivity contribution in [2.45, 2.75) is 45.1 Å². The van der Waals surface area contributed by atoms with Gasteiger partial charge in [-0.25, -0.2) is 4.99 Å². The van der Waals surface area contributed by atoms with Crippen LogP contribution in [0.5, 0.6) is 5.75 Å². The number of carboxylic acid groups (broad SMARTS) is 1. The number of nitrogens with one attached hydrogen (secondary N) is 1. The molecule has 0 atom stereocenters. The average Bonchev–Trinajstić information content (AvgIpc) is 3.36. The number of carbonyl (C=O) groups excluding carboxylic acids is 2. The summed E-state index contributed by atoms with van der Waals surface area (Å²) in [6.07, 6.45) is 5.19. The minimum Gasteiger partial charge on any atom is -0.493 e. The van der Waals surface area contributed by atoms with E-state index in [4.69, 9.17) is 9.84 Å². The Kier molecular flexibility index (Phi) is 6.39. The maximum Gasteiger partial charge on any atom is 0.323 e. The van der Waals surface area contributed by atoms with Crippen molar-refractivity contribution in [1.29, 1.82) is 0 Å². The molecule has 0 bridgehead atoms. The van der Waals surface area contributed by atoms with E-state index in [9.17, 15) is 14.4 Å². The standard InChI is InChI=1S/C22H28N4O5/c27-19-13-26-12-16-17(23-22(26)24-19)7-3-8-18(16)31-10-4-9-20(28)25(14-21(29)30)11-15-5-1-2-6-15/h3,7-8,15H,1-2,4-6,9-14H2,(H,29,30)(H,23,24,27). The highest BCUT2D eigenvalue weighted by atomic mass is 16.5. The van der Waals surface area contributed by atoms with Crippen LogP contribution in [0.1, 0.15) is 44.1 Å². The largest absolute Gasteiger partial charge is 0.493 e. The second-order valence-electron chi connectivity index (χ2n) is 8.36. The third-order valence-electron chi connectivity index (χ3n) is 5.99. The molecule has 2 amide bonds. The first-order valence-corrected chi connectivity index (χ1v) is 10.9. The van der Waals surface area contributed by atoms with Crippen LogP contribution < -0.4 is 10.1 Å². The summed E-state index contributed by atoms with van der Waals surface area (Å²) in [6.45, 7) is 1.45. The Hall–Kier alpha value is -3.10. The lowest BCUT2D eigenvalue weighted by Gasteiger charge is -2.25. The molecule has 0 spiro atoms. The highest BCUT2D eigenvalue weighted by molar-refractivity contribution is 6.05. The number of guanidine groups is 1. The van der Waals surface area contributed by atoms with Gasteiger partial charge in [0.1, 0.15) is 18.8 Å². The van der Waals surface area contributed by atoms with Crippen LogP contribution in [0.15, 0.2) is 23.2 Å². The van der Waals surface area contributed by atoms with E-state index in [1.165, 1.54) is 4.90 Å². The van der Waals surface area contributed by atoms with Crippen molar-refractivity contribution >= 4 is 29.4 Å². The molecular weight excluding hydrogens is 400 g/mol. The second kappa shape index (κ2) is 9.36. The third kappa shape index (κ3) is 5.15. The Balaban J connectivity index is 1.30. The van der Waals surface area contributed by atoms with Crippen molar-refractivity contribution in [3.63, 3.8) is 0 Å². The van der Waals surface area contributed by atoms with E-state index >= 15 is 0 Å². The normalized spacial score (nSPS) is 17.6. The van der Waals surface area contributed by atoms with Crippen molar-refractivity contribution < 1.29 is 24.2 Å². The van der Waals surface area contributed by atoms with Crippen LogP contribution in [0.3, 0.4) is 0 Å². The molecule has 2 N–H and O–H groups in total. The lowest BCUT2D eigenvalue weighted by Crippen LogP contribution is -2.38. The topological polar surface area (TPSA) is 112 Å². The summed E-state index contributed by atoms with van der Waals surface area (Å²) in [5, 5.41) is 11.9. The van der Waals surface area contributed by atoms with Gasteiger partial charge in [0.25, 0.3) is 0 Å². The summed E-state index contributed by atoms with van der Waals surface area (Å²) in [7, 11) is 0. The minimum absolute atomic E-state index is 0.0731. The van der Waals surface area contributed by atoms with Crippen molar-refractivity contribution in [2.24, 2.45) is 10.9 Å². The summed E-state index contributed by atoms with van der Waals surface area (Å²) in [5.74, 6) is 0.488. The molecule has 9 heteroatoms. The first kappa shape index (κ1) is 21.1. The number of aliphatic carboxylic acids is 1. The molecule has 1 aromatic carbocycles. The molecule has 4 rings (SSSR count). The zero-order valence-corrected chi connectivity index (χ0v) is 17.5. The number of aliphatic imine (C=N–C) groups is 1. The number of carbonyl (C=O) groups is 3. The molecule has 0 radical (unpaired) electrons. The molecule has 0 unspecified atom stereocenters. The number of hydrogen-bond donors (Lipinski definition) is 2. The highest BCUT2D eigenvalue weighted by Gasteiger charge is 2.30. The molecule has 2 fully saturated rings. The van der Waals surface area contributed by atoms with Gasteiger partial charge in [0.2, 0.25) is 17.8 Å². The van der Waals surface area contributed by atoms with E-state index in [1.807, 2.05) is 23.1 Å². The van der Waals surface area contributed by atoms with Crippen LogP contribution in [0.25, 0.3) is 0 Å². The molecule has 1 aliphatic carbocycles. The van der Waals surface area contributed by atoms with Crippen molar-refractivity contribution in [1.82, 2.24) is 15.1 Å². The van der Waals surface area contributed by atoms with Gasteiger partial charge in [-0.05, 0) is 37.3 Å². The monoisotopic (exact) mass is 428 g/mol. The van der Waals surface area contributed by atoms with E-state index in [-0.39, 0.29) is 31.3 Å². The van der Waals surface area contributed by atoms with E-state index in [1.54, 1.807) is 0 Å². The molecule has 1 saturated carbocycles. The molecule has 9 nitrogen and oxygen atoms in total. The van der Waals surface area contributed by atoms with Crippen LogP contribution >= 0.6 is 0 Å². The number of rotatable bonds is 9. The number of nitrogens with zero attached hydrogens (tertiary/aromatic N) is 3. The third-order valence-corrected chi connectivity index (χ3v) is 5.99. The minimum atomic E-state index is -0.978. The van der Waals surface area contributed by atoms with Gasteiger partial charge in [-0.3, -0.25) is 19.7 Å². The molecule has 1 aromatic rings. The molecule has 2 heterocycles. The van der Waals surface area contributed by atoms with Gasteiger partial charge in [-0.2, -0.15) is 0 Å². The number of ether oxygens (including phenoxy) is 1. The van der Waals surface area contributed by atoms with Crippen molar-refractivity contribution in [3.8, 4) is 5.75 Å². The van der Waals surface area contributed by atoms with Gasteiger partial charge in [0.05, 0.1) is 18.8 Å². The number of benzene rings is 1. The van der Waals surface area contributed by atoms with E-state index in [0.29, 0.717) is 43.7 Å². The Morgan fingerprint density at radius 1 is 1.26 bits per heavy atom. The summed E-state index contributed by atoms with van der Waals surface area (Å²) >= 11 is 0. The van der Waals surface area contributed by atoms with Gasteiger partial charge >= 0.3 is 5.97 Å². The van der Waals surface area contributed by atoms with Crippen LogP contribution in [0.4, 0.5) is 5.69 Å². The maximum absolute atomic E-state index is 12.6. The van der Waals surface area contributed by atoms with E-state index < -0.39 is 5.97 Å². The zero-order valence-electron chi connectivity index (χ0n) is 17.5. The Morgan fingerprint density at radius 2 is 2.06 bits per heavy atom. The maximum atomic E-state index is 12.6. The SMILES string of the molecule is O=C(O)CN(CC1CCCC1)C(=O)CCCOc1cccc2c1CN1CC(=O)NC1=N2. The van der Waals surface area contributed by atoms with E-state index in [2.05, 4.69) is 10.3 Å². The summed E-state index contributed by atoms with van der Waals surface area (Å²) < 4.78 is 5.94. The molecule has 3 aliphatic rings. The summed E-state index contributed by atoms with van der Waals surface area (Å²) in [4.78, 5) is 43.2. The number of amides is 2. The lowest BCUT2D eigenvalue weighted by atomic mass is 10.1. The van der Waals surface area contributed by atoms with Crippen LogP contribution in [-0.4, -0.2) is 64.9 Å². The molecular formula is C22H28N4O5. The Labute approximate surface area is 181 Å². The number of fused-ring (bicyclic) bond motifs is 2. The fourth-order valence-corrected chi connectivity index (χ4v) is 4.46. The van der Waals surface area contributed by atoms with Crippen LogP contribution in [0.2, 0.25) is 0 Å². The smallest absolute Gasteiger partial charge is 0.323 e.